The van der Waals surface area contributed by atoms with Crippen molar-refractivity contribution in [2.24, 2.45) is 0 Å². The molecule has 172 valence electrons. The predicted octanol–water partition coefficient (Wildman–Crippen LogP) is 6.30. The maximum Gasteiger partial charge on any atom is 0.283 e. The molecule has 0 unspecified atom stereocenters. The summed E-state index contributed by atoms with van der Waals surface area (Å²) in [6.07, 6.45) is 0. The molecule has 0 aliphatic carbocycles. The summed E-state index contributed by atoms with van der Waals surface area (Å²) in [4.78, 5) is 39.5. The Labute approximate surface area is 211 Å². The molecule has 1 heterocycles. The quantitative estimate of drug-likeness (QED) is 0.392. The van der Waals surface area contributed by atoms with Crippen LogP contribution in [0.25, 0.3) is 0 Å². The van der Waals surface area contributed by atoms with Crippen LogP contribution in [0.3, 0.4) is 0 Å². The highest BCUT2D eigenvalue weighted by molar-refractivity contribution is 6.53. The Morgan fingerprint density at radius 2 is 1.59 bits per heavy atom. The highest BCUT2D eigenvalue weighted by Crippen LogP contribution is 2.32. The lowest BCUT2D eigenvalue weighted by Crippen LogP contribution is -2.32. The van der Waals surface area contributed by atoms with Crippen molar-refractivity contribution in [1.29, 1.82) is 0 Å². The summed E-state index contributed by atoms with van der Waals surface area (Å²) in [7, 11) is 0. The van der Waals surface area contributed by atoms with Crippen LogP contribution in [0.2, 0.25) is 10.0 Å². The summed E-state index contributed by atoms with van der Waals surface area (Å²) in [5, 5.41) is 6.38. The van der Waals surface area contributed by atoms with E-state index in [9.17, 15) is 14.4 Å². The maximum absolute atomic E-state index is 13.0. The summed E-state index contributed by atoms with van der Waals surface area (Å²) in [6.45, 7) is 3.67. The second-order valence-corrected chi connectivity index (χ2v) is 8.91. The standard InChI is InChI=1S/C25H18Cl3N3O3/c1-13-7-9-17(12-19(13)27)29-23(32)15-8-6-14(2)20(10-15)30-22-21(28)24(33)31(25(22)34)18-5-3-4-16(26)11-18/h3-12,30H,1-2H3,(H,29,32). The highest BCUT2D eigenvalue weighted by Gasteiger charge is 2.39. The number of hydrogen-bond donors (Lipinski definition) is 2. The molecule has 1 aliphatic heterocycles. The Bertz CT molecular complexity index is 1380. The Kier molecular flexibility index (Phi) is 6.66. The number of benzene rings is 3. The summed E-state index contributed by atoms with van der Waals surface area (Å²) in [5.41, 5.74) is 3.20. The fraction of sp³-hybridized carbons (Fsp3) is 0.0800. The molecule has 1 aliphatic rings. The van der Waals surface area contributed by atoms with E-state index in [-0.39, 0.29) is 16.6 Å². The van der Waals surface area contributed by atoms with Crippen molar-refractivity contribution in [3.05, 3.63) is 98.1 Å². The van der Waals surface area contributed by atoms with Crippen molar-refractivity contribution in [2.75, 3.05) is 15.5 Å². The zero-order valence-electron chi connectivity index (χ0n) is 18.1. The summed E-state index contributed by atoms with van der Waals surface area (Å²) < 4.78 is 0. The molecular weight excluding hydrogens is 497 g/mol. The molecule has 0 saturated heterocycles. The van der Waals surface area contributed by atoms with E-state index in [4.69, 9.17) is 34.8 Å². The van der Waals surface area contributed by atoms with Gasteiger partial charge in [0, 0.05) is 27.0 Å². The molecule has 34 heavy (non-hydrogen) atoms. The van der Waals surface area contributed by atoms with E-state index in [1.165, 1.54) is 6.07 Å². The third-order valence-corrected chi connectivity index (χ3v) is 6.28. The lowest BCUT2D eigenvalue weighted by molar-refractivity contribution is -0.120. The second kappa shape index (κ2) is 9.50. The van der Waals surface area contributed by atoms with Crippen LogP contribution in [0, 0.1) is 13.8 Å². The van der Waals surface area contributed by atoms with Crippen molar-refractivity contribution in [2.45, 2.75) is 13.8 Å². The summed E-state index contributed by atoms with van der Waals surface area (Å²) >= 11 is 18.4. The third kappa shape index (κ3) is 4.66. The molecule has 0 fully saturated rings. The number of aryl methyl sites for hydroxylation is 2. The number of carbonyl (C=O) groups excluding carboxylic acids is 3. The van der Waals surface area contributed by atoms with Crippen LogP contribution in [0.15, 0.2) is 71.4 Å². The largest absolute Gasteiger partial charge is 0.349 e. The van der Waals surface area contributed by atoms with Gasteiger partial charge in [-0.1, -0.05) is 53.0 Å². The van der Waals surface area contributed by atoms with Crippen molar-refractivity contribution >= 4 is 69.6 Å². The number of halogens is 3. The second-order valence-electron chi connectivity index (χ2n) is 7.69. The van der Waals surface area contributed by atoms with Crippen molar-refractivity contribution < 1.29 is 14.4 Å². The van der Waals surface area contributed by atoms with Crippen LogP contribution in [0.5, 0.6) is 0 Å². The first-order valence-corrected chi connectivity index (χ1v) is 11.3. The van der Waals surface area contributed by atoms with E-state index in [0.717, 1.165) is 16.0 Å². The van der Waals surface area contributed by atoms with Crippen LogP contribution in [-0.4, -0.2) is 17.7 Å². The number of nitrogens with zero attached hydrogens (tertiary/aromatic N) is 1. The Balaban J connectivity index is 1.58. The van der Waals surface area contributed by atoms with Gasteiger partial charge in [0.15, 0.2) is 0 Å². The molecule has 6 nitrogen and oxygen atoms in total. The molecule has 3 amide bonds. The van der Waals surface area contributed by atoms with Crippen molar-refractivity contribution in [3.8, 4) is 0 Å². The molecule has 0 spiro atoms. The number of carbonyl (C=O) groups is 3. The summed E-state index contributed by atoms with van der Waals surface area (Å²) in [6, 6.07) is 16.5. The molecule has 4 rings (SSSR count). The smallest absolute Gasteiger partial charge is 0.283 e. The Hall–Kier alpha value is -3.32. The maximum atomic E-state index is 13.0. The normalized spacial score (nSPS) is 13.5. The molecule has 0 saturated carbocycles. The Morgan fingerprint density at radius 3 is 2.29 bits per heavy atom. The van der Waals surface area contributed by atoms with E-state index in [1.807, 2.05) is 13.0 Å². The van der Waals surface area contributed by atoms with E-state index < -0.39 is 11.8 Å². The molecule has 0 aromatic heterocycles. The van der Waals surface area contributed by atoms with Gasteiger partial charge in [0.2, 0.25) is 0 Å². The molecule has 3 aromatic carbocycles. The molecular formula is C25H18Cl3N3O3. The first-order chi connectivity index (χ1) is 16.2. The average Bonchev–Trinajstić information content (AvgIpc) is 3.00. The van der Waals surface area contributed by atoms with Gasteiger partial charge in [0.1, 0.15) is 10.7 Å². The number of imide groups is 1. The monoisotopic (exact) mass is 513 g/mol. The minimum Gasteiger partial charge on any atom is -0.349 e. The minimum absolute atomic E-state index is 0.0855. The Morgan fingerprint density at radius 1 is 0.853 bits per heavy atom. The number of amides is 3. The van der Waals surface area contributed by atoms with E-state index in [2.05, 4.69) is 10.6 Å². The first kappa shape index (κ1) is 23.8. The van der Waals surface area contributed by atoms with Gasteiger partial charge >= 0.3 is 0 Å². The average molecular weight is 515 g/mol. The van der Waals surface area contributed by atoms with Crippen LogP contribution < -0.4 is 15.5 Å². The third-order valence-electron chi connectivity index (χ3n) is 5.28. The molecule has 9 heteroatoms. The number of nitrogens with one attached hydrogen (secondary N) is 2. The minimum atomic E-state index is -0.667. The van der Waals surface area contributed by atoms with E-state index in [1.54, 1.807) is 55.5 Å². The molecule has 0 radical (unpaired) electrons. The highest BCUT2D eigenvalue weighted by atomic mass is 35.5. The lowest BCUT2D eigenvalue weighted by Gasteiger charge is -2.16. The van der Waals surface area contributed by atoms with E-state index in [0.29, 0.717) is 32.7 Å². The van der Waals surface area contributed by atoms with Gasteiger partial charge < -0.3 is 10.6 Å². The predicted molar refractivity (Wildman–Crippen MR) is 136 cm³/mol. The zero-order valence-corrected chi connectivity index (χ0v) is 20.3. The topological polar surface area (TPSA) is 78.5 Å². The van der Waals surface area contributed by atoms with Crippen LogP contribution in [-0.2, 0) is 9.59 Å². The van der Waals surface area contributed by atoms with Gasteiger partial charge in [-0.25, -0.2) is 4.90 Å². The van der Waals surface area contributed by atoms with Gasteiger partial charge in [0.05, 0.1) is 5.69 Å². The molecule has 0 bridgehead atoms. The van der Waals surface area contributed by atoms with Gasteiger partial charge in [-0.15, -0.1) is 0 Å². The molecule has 2 N–H and O–H groups in total. The number of hydrogen-bond acceptors (Lipinski definition) is 4. The van der Waals surface area contributed by atoms with Gasteiger partial charge in [0.25, 0.3) is 17.7 Å². The van der Waals surface area contributed by atoms with E-state index >= 15 is 0 Å². The fourth-order valence-electron chi connectivity index (χ4n) is 3.37. The van der Waals surface area contributed by atoms with Gasteiger partial charge in [-0.2, -0.15) is 0 Å². The van der Waals surface area contributed by atoms with Crippen LogP contribution in [0.1, 0.15) is 21.5 Å². The lowest BCUT2D eigenvalue weighted by atomic mass is 10.1. The summed E-state index contributed by atoms with van der Waals surface area (Å²) in [5.74, 6) is -1.66. The molecule has 0 atom stereocenters. The van der Waals surface area contributed by atoms with Crippen molar-refractivity contribution in [1.82, 2.24) is 0 Å². The van der Waals surface area contributed by atoms with Crippen LogP contribution >= 0.6 is 34.8 Å². The van der Waals surface area contributed by atoms with Crippen LogP contribution in [0.4, 0.5) is 17.1 Å². The fourth-order valence-corrected chi connectivity index (χ4v) is 3.95. The first-order valence-electron chi connectivity index (χ1n) is 10.1. The van der Waals surface area contributed by atoms with Gasteiger partial charge in [-0.3, -0.25) is 14.4 Å². The van der Waals surface area contributed by atoms with Crippen molar-refractivity contribution in [3.63, 3.8) is 0 Å². The zero-order chi connectivity index (χ0) is 24.6. The number of anilines is 3. The molecule has 3 aromatic rings. The SMILES string of the molecule is Cc1ccc(NC(=O)c2ccc(C)c(NC3=C(Cl)C(=O)N(c4cccc(Cl)c4)C3=O)c2)cc1Cl. The van der Waals surface area contributed by atoms with Gasteiger partial charge in [-0.05, 0) is 67.4 Å². The number of rotatable bonds is 5.